The monoisotopic (exact) mass is 308 g/mol. The smallest absolute Gasteiger partial charge is 0.340 e. The highest BCUT2D eigenvalue weighted by atomic mass is 16.5. The maximum Gasteiger partial charge on any atom is 0.340 e. The first-order valence-corrected chi connectivity index (χ1v) is 7.25. The normalized spacial score (nSPS) is 10.7. The fourth-order valence-electron chi connectivity index (χ4n) is 2.37. The molecule has 3 aromatic heterocycles. The van der Waals surface area contributed by atoms with E-state index in [2.05, 4.69) is 15.0 Å². The summed E-state index contributed by atoms with van der Waals surface area (Å²) < 4.78 is 5.05. The number of carbonyl (C=O) groups excluding carboxylic acids is 1. The van der Waals surface area contributed by atoms with Gasteiger partial charge in [0, 0.05) is 29.0 Å². The number of anilines is 1. The molecule has 0 radical (unpaired) electrons. The largest absolute Gasteiger partial charge is 0.462 e. The van der Waals surface area contributed by atoms with Gasteiger partial charge in [-0.2, -0.15) is 0 Å². The van der Waals surface area contributed by atoms with Gasteiger partial charge in [0.15, 0.2) is 0 Å². The van der Waals surface area contributed by atoms with Gasteiger partial charge in [-0.3, -0.25) is 4.98 Å². The number of rotatable bonds is 3. The highest BCUT2D eigenvalue weighted by molar-refractivity contribution is 6.05. The number of hydrogen-bond donors (Lipinski definition) is 1. The number of nitrogens with zero attached hydrogens (tertiary/aromatic N) is 3. The SMILES string of the molecule is CCOC(=O)c1cnc(N)c2nc(-c3ccnc(C)c3)ccc12. The Morgan fingerprint density at radius 1 is 1.26 bits per heavy atom. The Balaban J connectivity index is 2.17. The number of hydrogen-bond acceptors (Lipinski definition) is 6. The van der Waals surface area contributed by atoms with Crippen molar-refractivity contribution in [1.82, 2.24) is 15.0 Å². The second-order valence-corrected chi connectivity index (χ2v) is 5.06. The molecule has 23 heavy (non-hydrogen) atoms. The minimum atomic E-state index is -0.431. The van der Waals surface area contributed by atoms with Gasteiger partial charge in [-0.1, -0.05) is 0 Å². The van der Waals surface area contributed by atoms with Crippen LogP contribution in [0.25, 0.3) is 22.2 Å². The van der Waals surface area contributed by atoms with E-state index in [9.17, 15) is 4.79 Å². The molecule has 0 spiro atoms. The summed E-state index contributed by atoms with van der Waals surface area (Å²) in [6.45, 7) is 3.97. The van der Waals surface area contributed by atoms with E-state index in [-0.39, 0.29) is 5.82 Å². The van der Waals surface area contributed by atoms with E-state index < -0.39 is 5.97 Å². The van der Waals surface area contributed by atoms with Gasteiger partial charge in [-0.25, -0.2) is 14.8 Å². The molecule has 0 saturated carbocycles. The maximum atomic E-state index is 12.0. The van der Waals surface area contributed by atoms with E-state index >= 15 is 0 Å². The zero-order valence-electron chi connectivity index (χ0n) is 12.9. The highest BCUT2D eigenvalue weighted by Gasteiger charge is 2.15. The van der Waals surface area contributed by atoms with E-state index in [1.54, 1.807) is 13.1 Å². The van der Waals surface area contributed by atoms with Crippen LogP contribution in [-0.4, -0.2) is 27.5 Å². The molecule has 116 valence electrons. The second kappa shape index (κ2) is 6.00. The van der Waals surface area contributed by atoms with Crippen molar-refractivity contribution in [2.75, 3.05) is 12.3 Å². The first kappa shape index (κ1) is 14.9. The van der Waals surface area contributed by atoms with Crippen LogP contribution in [0.15, 0.2) is 36.7 Å². The fraction of sp³-hybridized carbons (Fsp3) is 0.176. The van der Waals surface area contributed by atoms with Gasteiger partial charge in [0.2, 0.25) is 0 Å². The van der Waals surface area contributed by atoms with Crippen molar-refractivity contribution in [3.05, 3.63) is 47.9 Å². The summed E-state index contributed by atoms with van der Waals surface area (Å²) in [5.41, 5.74) is 9.37. The molecule has 3 aromatic rings. The minimum Gasteiger partial charge on any atom is -0.462 e. The Bertz CT molecular complexity index is 893. The molecule has 0 aliphatic heterocycles. The molecule has 0 atom stereocenters. The van der Waals surface area contributed by atoms with Crippen LogP contribution in [0, 0.1) is 6.92 Å². The van der Waals surface area contributed by atoms with Crippen molar-refractivity contribution in [2.45, 2.75) is 13.8 Å². The van der Waals surface area contributed by atoms with Crippen molar-refractivity contribution < 1.29 is 9.53 Å². The van der Waals surface area contributed by atoms with Gasteiger partial charge < -0.3 is 10.5 Å². The molecule has 0 unspecified atom stereocenters. The summed E-state index contributed by atoms with van der Waals surface area (Å²) in [7, 11) is 0. The number of aromatic nitrogens is 3. The summed E-state index contributed by atoms with van der Waals surface area (Å²) in [4.78, 5) is 24.8. The third kappa shape index (κ3) is 2.83. The first-order chi connectivity index (χ1) is 11.1. The second-order valence-electron chi connectivity index (χ2n) is 5.06. The average molecular weight is 308 g/mol. The summed E-state index contributed by atoms with van der Waals surface area (Å²) in [6.07, 6.45) is 3.15. The van der Waals surface area contributed by atoms with Crippen LogP contribution in [0.4, 0.5) is 5.82 Å². The Hall–Kier alpha value is -3.02. The highest BCUT2D eigenvalue weighted by Crippen LogP contribution is 2.26. The summed E-state index contributed by atoms with van der Waals surface area (Å²) >= 11 is 0. The molecule has 0 amide bonds. The number of esters is 1. The van der Waals surface area contributed by atoms with E-state index in [4.69, 9.17) is 10.5 Å². The zero-order chi connectivity index (χ0) is 16.4. The lowest BCUT2D eigenvalue weighted by molar-refractivity contribution is 0.0528. The summed E-state index contributed by atoms with van der Waals surface area (Å²) in [5.74, 6) is -0.153. The van der Waals surface area contributed by atoms with E-state index in [0.29, 0.717) is 23.1 Å². The van der Waals surface area contributed by atoms with Crippen molar-refractivity contribution in [3.63, 3.8) is 0 Å². The molecular formula is C17H16N4O2. The molecule has 6 heteroatoms. The minimum absolute atomic E-state index is 0.278. The van der Waals surface area contributed by atoms with Crippen molar-refractivity contribution in [3.8, 4) is 11.3 Å². The molecular weight excluding hydrogens is 292 g/mol. The average Bonchev–Trinajstić information content (AvgIpc) is 2.55. The zero-order valence-corrected chi connectivity index (χ0v) is 12.9. The molecule has 6 nitrogen and oxygen atoms in total. The number of ether oxygens (including phenoxy) is 1. The topological polar surface area (TPSA) is 91.0 Å². The van der Waals surface area contributed by atoms with Crippen LogP contribution in [0.5, 0.6) is 0 Å². The maximum absolute atomic E-state index is 12.0. The quantitative estimate of drug-likeness (QED) is 0.748. The third-order valence-electron chi connectivity index (χ3n) is 3.45. The first-order valence-electron chi connectivity index (χ1n) is 7.25. The van der Waals surface area contributed by atoms with Crippen LogP contribution in [0.2, 0.25) is 0 Å². The molecule has 2 N–H and O–H groups in total. The Labute approximate surface area is 133 Å². The molecule has 0 aromatic carbocycles. The van der Waals surface area contributed by atoms with Crippen molar-refractivity contribution >= 4 is 22.7 Å². The molecule has 0 aliphatic carbocycles. The van der Waals surface area contributed by atoms with Crippen LogP contribution >= 0.6 is 0 Å². The van der Waals surface area contributed by atoms with Crippen LogP contribution in [0.3, 0.4) is 0 Å². The lowest BCUT2D eigenvalue weighted by atomic mass is 10.1. The Kier molecular flexibility index (Phi) is 3.89. The fourth-order valence-corrected chi connectivity index (χ4v) is 2.37. The van der Waals surface area contributed by atoms with Gasteiger partial charge in [-0.15, -0.1) is 0 Å². The Morgan fingerprint density at radius 2 is 2.09 bits per heavy atom. The van der Waals surface area contributed by atoms with E-state index in [0.717, 1.165) is 17.0 Å². The lowest BCUT2D eigenvalue weighted by Gasteiger charge is -2.09. The van der Waals surface area contributed by atoms with Gasteiger partial charge in [0.1, 0.15) is 11.3 Å². The predicted molar refractivity (Wildman–Crippen MR) is 87.9 cm³/mol. The molecule has 0 bridgehead atoms. The van der Waals surface area contributed by atoms with E-state index in [1.807, 2.05) is 31.2 Å². The molecule has 0 aliphatic rings. The Morgan fingerprint density at radius 3 is 2.83 bits per heavy atom. The third-order valence-corrected chi connectivity index (χ3v) is 3.45. The standard InChI is InChI=1S/C17H16N4O2/c1-3-23-17(22)13-9-20-16(18)15-12(13)4-5-14(21-15)11-6-7-19-10(2)8-11/h4-9H,3H2,1-2H3,(H2,18,20). The number of nitrogens with two attached hydrogens (primary N) is 1. The van der Waals surface area contributed by atoms with Gasteiger partial charge in [-0.05, 0) is 38.1 Å². The van der Waals surface area contributed by atoms with Gasteiger partial charge in [0.05, 0.1) is 17.9 Å². The molecule has 3 heterocycles. The van der Waals surface area contributed by atoms with Gasteiger partial charge in [0.25, 0.3) is 0 Å². The van der Waals surface area contributed by atoms with Crippen molar-refractivity contribution in [2.24, 2.45) is 0 Å². The molecule has 0 fully saturated rings. The molecule has 3 rings (SSSR count). The van der Waals surface area contributed by atoms with Gasteiger partial charge >= 0.3 is 5.97 Å². The summed E-state index contributed by atoms with van der Waals surface area (Å²) in [5, 5.41) is 0.630. The summed E-state index contributed by atoms with van der Waals surface area (Å²) in [6, 6.07) is 7.48. The number of aryl methyl sites for hydroxylation is 1. The lowest BCUT2D eigenvalue weighted by Crippen LogP contribution is -2.08. The van der Waals surface area contributed by atoms with Crippen LogP contribution < -0.4 is 5.73 Å². The van der Waals surface area contributed by atoms with Crippen LogP contribution in [-0.2, 0) is 4.74 Å². The number of carbonyl (C=O) groups is 1. The molecule has 0 saturated heterocycles. The predicted octanol–water partition coefficient (Wildman–Crippen LogP) is 2.76. The van der Waals surface area contributed by atoms with Crippen LogP contribution in [0.1, 0.15) is 23.0 Å². The number of nitrogen functional groups attached to an aromatic ring is 1. The van der Waals surface area contributed by atoms with E-state index in [1.165, 1.54) is 6.20 Å². The van der Waals surface area contributed by atoms with Crippen molar-refractivity contribution in [1.29, 1.82) is 0 Å². The number of pyridine rings is 3. The number of fused-ring (bicyclic) bond motifs is 1.